The maximum absolute atomic E-state index is 9.61. The number of hydrogen-bond acceptors (Lipinski definition) is 2. The summed E-state index contributed by atoms with van der Waals surface area (Å²) in [6.45, 7) is 7.12. The number of rotatable bonds is 2. The number of nitrogens with one attached hydrogen (secondary N) is 1. The molecule has 0 bridgehead atoms. The summed E-state index contributed by atoms with van der Waals surface area (Å²) in [5, 5.41) is 13.0. The van der Waals surface area contributed by atoms with E-state index in [-0.39, 0.29) is 17.6 Å². The van der Waals surface area contributed by atoms with Gasteiger partial charge in [-0.25, -0.2) is 0 Å². The molecule has 0 saturated heterocycles. The van der Waals surface area contributed by atoms with Gasteiger partial charge in [0, 0.05) is 5.54 Å². The van der Waals surface area contributed by atoms with Crippen molar-refractivity contribution in [2.75, 3.05) is 13.7 Å². The van der Waals surface area contributed by atoms with Gasteiger partial charge in [-0.3, -0.25) is 0 Å². The Morgan fingerprint density at radius 3 is 2.36 bits per heavy atom. The van der Waals surface area contributed by atoms with Gasteiger partial charge in [-0.05, 0) is 31.2 Å². The summed E-state index contributed by atoms with van der Waals surface area (Å²) in [4.78, 5) is 0. The zero-order chi connectivity index (χ0) is 10.8. The molecule has 0 amide bonds. The number of aliphatic hydroxyl groups is 1. The first-order chi connectivity index (χ1) is 6.46. The zero-order valence-electron chi connectivity index (χ0n) is 10.1. The first-order valence-electron chi connectivity index (χ1n) is 5.76. The quantitative estimate of drug-likeness (QED) is 0.714. The first-order valence-corrected chi connectivity index (χ1v) is 5.76. The summed E-state index contributed by atoms with van der Waals surface area (Å²) in [7, 11) is 1.99. The van der Waals surface area contributed by atoms with Crippen molar-refractivity contribution < 1.29 is 5.11 Å². The van der Waals surface area contributed by atoms with Crippen LogP contribution in [0.15, 0.2) is 0 Å². The Balaban J connectivity index is 2.87. The Labute approximate surface area is 88.1 Å². The van der Waals surface area contributed by atoms with Crippen molar-refractivity contribution >= 4 is 0 Å². The summed E-state index contributed by atoms with van der Waals surface area (Å²) in [5.41, 5.74) is 0.253. The predicted octanol–water partition coefficient (Wildman–Crippen LogP) is 2.17. The third kappa shape index (κ3) is 2.12. The lowest BCUT2D eigenvalue weighted by molar-refractivity contribution is 0.0129. The number of hydrogen-bond donors (Lipinski definition) is 2. The van der Waals surface area contributed by atoms with Gasteiger partial charge in [0.25, 0.3) is 0 Å². The topological polar surface area (TPSA) is 32.3 Å². The van der Waals surface area contributed by atoms with Crippen molar-refractivity contribution in [2.24, 2.45) is 11.3 Å². The molecule has 0 aromatic carbocycles. The van der Waals surface area contributed by atoms with Crippen molar-refractivity contribution in [1.29, 1.82) is 0 Å². The van der Waals surface area contributed by atoms with Crippen LogP contribution in [0.1, 0.15) is 46.5 Å². The molecule has 1 rings (SSSR count). The smallest absolute Gasteiger partial charge is 0.0616 e. The molecular formula is C12H25NO. The van der Waals surface area contributed by atoms with Crippen molar-refractivity contribution in [3.05, 3.63) is 0 Å². The van der Waals surface area contributed by atoms with Crippen molar-refractivity contribution in [3.8, 4) is 0 Å². The Kier molecular flexibility index (Phi) is 3.59. The summed E-state index contributed by atoms with van der Waals surface area (Å²) in [6, 6.07) is 0. The first kappa shape index (κ1) is 12.0. The average Bonchev–Trinajstić information content (AvgIpc) is 2.16. The molecule has 14 heavy (non-hydrogen) atoms. The van der Waals surface area contributed by atoms with Crippen molar-refractivity contribution in [2.45, 2.75) is 52.0 Å². The maximum Gasteiger partial charge on any atom is 0.0616 e. The van der Waals surface area contributed by atoms with Gasteiger partial charge in [-0.15, -0.1) is 0 Å². The largest absolute Gasteiger partial charge is 0.394 e. The van der Waals surface area contributed by atoms with Crippen LogP contribution >= 0.6 is 0 Å². The number of aliphatic hydroxyl groups excluding tert-OH is 1. The Morgan fingerprint density at radius 2 is 2.00 bits per heavy atom. The van der Waals surface area contributed by atoms with Gasteiger partial charge in [-0.1, -0.05) is 33.6 Å². The highest BCUT2D eigenvalue weighted by molar-refractivity contribution is 5.00. The fourth-order valence-electron chi connectivity index (χ4n) is 3.07. The molecule has 1 aliphatic rings. The van der Waals surface area contributed by atoms with Crippen molar-refractivity contribution in [3.63, 3.8) is 0 Å². The van der Waals surface area contributed by atoms with Gasteiger partial charge in [0.05, 0.1) is 6.61 Å². The van der Waals surface area contributed by atoms with Gasteiger partial charge in [0.15, 0.2) is 0 Å². The molecule has 0 radical (unpaired) electrons. The Morgan fingerprint density at radius 1 is 1.36 bits per heavy atom. The molecule has 0 aromatic rings. The monoisotopic (exact) mass is 199 g/mol. The second-order valence-electron chi connectivity index (χ2n) is 5.73. The van der Waals surface area contributed by atoms with E-state index in [2.05, 4.69) is 26.1 Å². The van der Waals surface area contributed by atoms with E-state index in [4.69, 9.17) is 0 Å². The van der Waals surface area contributed by atoms with E-state index in [1.54, 1.807) is 0 Å². The van der Waals surface area contributed by atoms with E-state index >= 15 is 0 Å². The SMILES string of the molecule is CNC1(CO)CCCCC1C(C)(C)C. The minimum absolute atomic E-state index is 0.0312. The molecule has 2 N–H and O–H groups in total. The Hall–Kier alpha value is -0.0800. The van der Waals surface area contributed by atoms with Crippen LogP contribution in [-0.4, -0.2) is 24.3 Å². The third-order valence-corrected chi connectivity index (χ3v) is 3.86. The highest BCUT2D eigenvalue weighted by Gasteiger charge is 2.44. The lowest BCUT2D eigenvalue weighted by Gasteiger charge is -2.49. The third-order valence-electron chi connectivity index (χ3n) is 3.86. The Bertz CT molecular complexity index is 179. The van der Waals surface area contributed by atoms with Crippen LogP contribution in [0.5, 0.6) is 0 Å². The van der Waals surface area contributed by atoms with Crippen molar-refractivity contribution in [1.82, 2.24) is 5.32 Å². The van der Waals surface area contributed by atoms with Gasteiger partial charge < -0.3 is 10.4 Å². The molecule has 2 unspecified atom stereocenters. The lowest BCUT2D eigenvalue weighted by Crippen LogP contribution is -2.58. The van der Waals surface area contributed by atoms with E-state index in [1.165, 1.54) is 19.3 Å². The highest BCUT2D eigenvalue weighted by atomic mass is 16.3. The molecule has 0 heterocycles. The fraction of sp³-hybridized carbons (Fsp3) is 1.00. The second kappa shape index (κ2) is 4.19. The van der Waals surface area contributed by atoms with Crippen LogP contribution in [0, 0.1) is 11.3 Å². The number of likely N-dealkylation sites (N-methyl/N-ethyl adjacent to an activating group) is 1. The van der Waals surface area contributed by atoms with Crippen LogP contribution in [0.25, 0.3) is 0 Å². The van der Waals surface area contributed by atoms with Crippen LogP contribution < -0.4 is 5.32 Å². The summed E-state index contributed by atoms with van der Waals surface area (Å²) >= 11 is 0. The molecule has 1 aliphatic carbocycles. The molecule has 0 spiro atoms. The van der Waals surface area contributed by atoms with E-state index in [9.17, 15) is 5.11 Å². The van der Waals surface area contributed by atoms with Gasteiger partial charge in [-0.2, -0.15) is 0 Å². The fourth-order valence-corrected chi connectivity index (χ4v) is 3.07. The van der Waals surface area contributed by atoms with Crippen LogP contribution in [0.4, 0.5) is 0 Å². The van der Waals surface area contributed by atoms with Crippen LogP contribution in [-0.2, 0) is 0 Å². The summed E-state index contributed by atoms with van der Waals surface area (Å²) < 4.78 is 0. The van der Waals surface area contributed by atoms with Gasteiger partial charge >= 0.3 is 0 Å². The second-order valence-corrected chi connectivity index (χ2v) is 5.73. The van der Waals surface area contributed by atoms with E-state index in [1.807, 2.05) is 7.05 Å². The average molecular weight is 199 g/mol. The molecule has 84 valence electrons. The molecule has 1 saturated carbocycles. The normalized spacial score (nSPS) is 34.5. The standard InChI is InChI=1S/C12H25NO/c1-11(2,3)10-7-5-6-8-12(10,9-14)13-4/h10,13-14H,5-9H2,1-4H3. The molecule has 2 nitrogen and oxygen atoms in total. The maximum atomic E-state index is 9.61. The van der Waals surface area contributed by atoms with Crippen LogP contribution in [0.3, 0.4) is 0 Å². The molecule has 0 aliphatic heterocycles. The molecular weight excluding hydrogens is 174 g/mol. The summed E-state index contributed by atoms with van der Waals surface area (Å²) in [5.74, 6) is 0.582. The highest BCUT2D eigenvalue weighted by Crippen LogP contribution is 2.43. The van der Waals surface area contributed by atoms with Gasteiger partial charge in [0.2, 0.25) is 0 Å². The zero-order valence-corrected chi connectivity index (χ0v) is 10.1. The van der Waals surface area contributed by atoms with Gasteiger partial charge in [0.1, 0.15) is 0 Å². The molecule has 2 heteroatoms. The minimum Gasteiger partial charge on any atom is -0.394 e. The summed E-state index contributed by atoms with van der Waals surface area (Å²) in [6.07, 6.45) is 4.91. The van der Waals surface area contributed by atoms with E-state index in [0.717, 1.165) is 6.42 Å². The van der Waals surface area contributed by atoms with Crippen LogP contribution in [0.2, 0.25) is 0 Å². The molecule has 0 aromatic heterocycles. The minimum atomic E-state index is -0.0312. The van der Waals surface area contributed by atoms with E-state index in [0.29, 0.717) is 5.92 Å². The predicted molar refractivity (Wildman–Crippen MR) is 60.3 cm³/mol. The molecule has 1 fully saturated rings. The molecule has 2 atom stereocenters. The van der Waals surface area contributed by atoms with E-state index < -0.39 is 0 Å². The lowest BCUT2D eigenvalue weighted by atomic mass is 9.62.